The maximum absolute atomic E-state index is 4.36. The van der Waals surface area contributed by atoms with Gasteiger partial charge in [0, 0.05) is 32.2 Å². The Balaban J connectivity index is 2.32. The minimum atomic E-state index is 0.902. The first-order valence-electron chi connectivity index (χ1n) is 4.73. The Labute approximate surface area is 78.5 Å². The molecular weight excluding hydrogens is 164 g/mol. The predicted octanol–water partition coefficient (Wildman–Crippen LogP) is 0.442. The normalized spacial score (nSPS) is 16.0. The minimum absolute atomic E-state index is 0.902. The average molecular weight is 180 g/mol. The summed E-state index contributed by atoms with van der Waals surface area (Å²) in [4.78, 5) is 2.28. The summed E-state index contributed by atoms with van der Waals surface area (Å²) in [6.45, 7) is 3.10. The third kappa shape index (κ3) is 1.42. The van der Waals surface area contributed by atoms with E-state index in [2.05, 4.69) is 27.0 Å². The molecule has 4 nitrogen and oxygen atoms in total. The summed E-state index contributed by atoms with van der Waals surface area (Å²) >= 11 is 0. The van der Waals surface area contributed by atoms with Gasteiger partial charge in [-0.2, -0.15) is 5.10 Å². The lowest BCUT2D eigenvalue weighted by Gasteiger charge is -2.26. The van der Waals surface area contributed by atoms with Gasteiger partial charge in [0.2, 0.25) is 0 Å². The van der Waals surface area contributed by atoms with Crippen LogP contribution in [0.25, 0.3) is 0 Å². The van der Waals surface area contributed by atoms with Crippen molar-refractivity contribution >= 4 is 5.82 Å². The van der Waals surface area contributed by atoms with Gasteiger partial charge in [-0.25, -0.2) is 4.68 Å². The van der Waals surface area contributed by atoms with E-state index in [-0.39, 0.29) is 0 Å². The van der Waals surface area contributed by atoms with Crippen molar-refractivity contribution in [2.75, 3.05) is 25.5 Å². The van der Waals surface area contributed by atoms with Crippen LogP contribution in [0, 0.1) is 0 Å². The molecule has 1 N–H and O–H groups in total. The molecule has 0 saturated carbocycles. The second-order valence-corrected chi connectivity index (χ2v) is 3.52. The number of anilines is 1. The number of hydrogen-bond acceptors (Lipinski definition) is 3. The summed E-state index contributed by atoms with van der Waals surface area (Å²) in [5.41, 5.74) is 1.30. The molecule has 2 heterocycles. The van der Waals surface area contributed by atoms with Crippen LogP contribution < -0.4 is 10.2 Å². The lowest BCUT2D eigenvalue weighted by Crippen LogP contribution is -2.29. The van der Waals surface area contributed by atoms with Crippen molar-refractivity contribution in [2.24, 2.45) is 0 Å². The standard InChI is InChI=1S/C9H16N4/c1-10-6-8-7-11-13-5-3-4-12(2)9(8)13/h7,10H,3-6H2,1-2H3. The van der Waals surface area contributed by atoms with Crippen LogP contribution in [0.3, 0.4) is 0 Å². The highest BCUT2D eigenvalue weighted by atomic mass is 15.4. The Morgan fingerprint density at radius 2 is 2.38 bits per heavy atom. The third-order valence-electron chi connectivity index (χ3n) is 2.48. The predicted molar refractivity (Wildman–Crippen MR) is 52.9 cm³/mol. The Kier molecular flexibility index (Phi) is 2.22. The van der Waals surface area contributed by atoms with Gasteiger partial charge in [0.05, 0.1) is 6.20 Å². The average Bonchev–Trinajstić information content (AvgIpc) is 2.51. The number of hydrogen-bond donors (Lipinski definition) is 1. The summed E-state index contributed by atoms with van der Waals surface area (Å²) < 4.78 is 2.09. The zero-order valence-electron chi connectivity index (χ0n) is 8.25. The van der Waals surface area contributed by atoms with Crippen LogP contribution in [0.4, 0.5) is 5.82 Å². The second-order valence-electron chi connectivity index (χ2n) is 3.52. The van der Waals surface area contributed by atoms with E-state index in [0.717, 1.165) is 19.6 Å². The fourth-order valence-corrected chi connectivity index (χ4v) is 1.90. The van der Waals surface area contributed by atoms with Crippen LogP contribution in [-0.2, 0) is 13.1 Å². The number of aromatic nitrogens is 2. The zero-order chi connectivity index (χ0) is 9.26. The van der Waals surface area contributed by atoms with Crippen LogP contribution in [0.5, 0.6) is 0 Å². The lowest BCUT2D eigenvalue weighted by molar-refractivity contribution is 0.531. The molecule has 0 saturated heterocycles. The lowest BCUT2D eigenvalue weighted by atomic mass is 10.2. The van der Waals surface area contributed by atoms with Crippen LogP contribution >= 0.6 is 0 Å². The first-order chi connectivity index (χ1) is 6.33. The van der Waals surface area contributed by atoms with E-state index in [9.17, 15) is 0 Å². The van der Waals surface area contributed by atoms with E-state index in [0.29, 0.717) is 0 Å². The number of aryl methyl sites for hydroxylation is 1. The molecule has 0 aromatic carbocycles. The van der Waals surface area contributed by atoms with Crippen molar-refractivity contribution in [1.82, 2.24) is 15.1 Å². The first-order valence-corrected chi connectivity index (χ1v) is 4.73. The van der Waals surface area contributed by atoms with E-state index < -0.39 is 0 Å². The van der Waals surface area contributed by atoms with Crippen molar-refractivity contribution in [3.8, 4) is 0 Å². The van der Waals surface area contributed by atoms with E-state index >= 15 is 0 Å². The van der Waals surface area contributed by atoms with Gasteiger partial charge in [0.25, 0.3) is 0 Å². The molecule has 0 unspecified atom stereocenters. The number of nitrogens with zero attached hydrogens (tertiary/aromatic N) is 3. The van der Waals surface area contributed by atoms with Gasteiger partial charge in [-0.05, 0) is 13.5 Å². The number of nitrogens with one attached hydrogen (secondary N) is 1. The number of rotatable bonds is 2. The molecule has 13 heavy (non-hydrogen) atoms. The fourth-order valence-electron chi connectivity index (χ4n) is 1.90. The van der Waals surface area contributed by atoms with Gasteiger partial charge < -0.3 is 10.2 Å². The molecular formula is C9H16N4. The monoisotopic (exact) mass is 180 g/mol. The van der Waals surface area contributed by atoms with Gasteiger partial charge in [0.15, 0.2) is 0 Å². The Hall–Kier alpha value is -1.03. The molecule has 72 valence electrons. The summed E-state index contributed by atoms with van der Waals surface area (Å²) in [6, 6.07) is 0. The molecule has 0 radical (unpaired) electrons. The maximum atomic E-state index is 4.36. The van der Waals surface area contributed by atoms with Crippen LogP contribution in [0.1, 0.15) is 12.0 Å². The van der Waals surface area contributed by atoms with Gasteiger partial charge in [0.1, 0.15) is 5.82 Å². The molecule has 0 aliphatic carbocycles. The van der Waals surface area contributed by atoms with E-state index in [4.69, 9.17) is 0 Å². The van der Waals surface area contributed by atoms with E-state index in [1.807, 2.05) is 13.2 Å². The Morgan fingerprint density at radius 3 is 3.15 bits per heavy atom. The molecule has 4 heteroatoms. The molecule has 0 bridgehead atoms. The second kappa shape index (κ2) is 3.38. The Bertz CT molecular complexity index is 292. The smallest absolute Gasteiger partial charge is 0.131 e. The molecule has 2 rings (SSSR count). The highest BCUT2D eigenvalue weighted by molar-refractivity contribution is 5.47. The molecule has 1 aliphatic heterocycles. The largest absolute Gasteiger partial charge is 0.360 e. The summed E-state index contributed by atoms with van der Waals surface area (Å²) in [7, 11) is 4.10. The topological polar surface area (TPSA) is 33.1 Å². The zero-order valence-corrected chi connectivity index (χ0v) is 8.25. The highest BCUT2D eigenvalue weighted by Gasteiger charge is 2.17. The van der Waals surface area contributed by atoms with Gasteiger partial charge in [-0.3, -0.25) is 0 Å². The SMILES string of the molecule is CNCc1cnn2c1N(C)CCC2. The molecule has 1 aromatic rings. The Morgan fingerprint density at radius 1 is 1.54 bits per heavy atom. The van der Waals surface area contributed by atoms with Crippen molar-refractivity contribution in [1.29, 1.82) is 0 Å². The van der Waals surface area contributed by atoms with Crippen molar-refractivity contribution in [3.63, 3.8) is 0 Å². The molecule has 0 spiro atoms. The third-order valence-corrected chi connectivity index (χ3v) is 2.48. The molecule has 1 aromatic heterocycles. The molecule has 0 amide bonds. The molecule has 1 aliphatic rings. The maximum Gasteiger partial charge on any atom is 0.131 e. The van der Waals surface area contributed by atoms with Crippen LogP contribution in [-0.4, -0.2) is 30.4 Å². The van der Waals surface area contributed by atoms with Crippen molar-refractivity contribution < 1.29 is 0 Å². The van der Waals surface area contributed by atoms with Crippen molar-refractivity contribution in [2.45, 2.75) is 19.5 Å². The fraction of sp³-hybridized carbons (Fsp3) is 0.667. The highest BCUT2D eigenvalue weighted by Crippen LogP contribution is 2.23. The van der Waals surface area contributed by atoms with Gasteiger partial charge in [-0.15, -0.1) is 0 Å². The molecule has 0 atom stereocenters. The summed E-state index contributed by atoms with van der Waals surface area (Å²) in [6.07, 6.45) is 3.16. The minimum Gasteiger partial charge on any atom is -0.360 e. The number of fused-ring (bicyclic) bond motifs is 1. The van der Waals surface area contributed by atoms with E-state index in [1.165, 1.54) is 17.8 Å². The summed E-state index contributed by atoms with van der Waals surface area (Å²) in [5.74, 6) is 1.28. The van der Waals surface area contributed by atoms with Crippen LogP contribution in [0.15, 0.2) is 6.20 Å². The van der Waals surface area contributed by atoms with E-state index in [1.54, 1.807) is 0 Å². The first kappa shape index (κ1) is 8.56. The van der Waals surface area contributed by atoms with Gasteiger partial charge >= 0.3 is 0 Å². The quantitative estimate of drug-likeness (QED) is 0.717. The van der Waals surface area contributed by atoms with Crippen LogP contribution in [0.2, 0.25) is 0 Å². The molecule has 0 fully saturated rings. The van der Waals surface area contributed by atoms with Crippen molar-refractivity contribution in [3.05, 3.63) is 11.8 Å². The van der Waals surface area contributed by atoms with Gasteiger partial charge in [-0.1, -0.05) is 0 Å². The summed E-state index contributed by atoms with van der Waals surface area (Å²) in [5, 5.41) is 7.52.